The molecule has 15 heavy (non-hydrogen) atoms. The van der Waals surface area contributed by atoms with Gasteiger partial charge in [0.1, 0.15) is 6.04 Å². The van der Waals surface area contributed by atoms with Crippen molar-refractivity contribution >= 4 is 5.97 Å². The molecule has 0 radical (unpaired) electrons. The van der Waals surface area contributed by atoms with Crippen molar-refractivity contribution in [1.82, 2.24) is 9.78 Å². The molecule has 1 heterocycles. The maximum atomic E-state index is 12.3. The zero-order chi connectivity index (χ0) is 11.6. The van der Waals surface area contributed by atoms with Crippen molar-refractivity contribution < 1.29 is 18.3 Å². The van der Waals surface area contributed by atoms with E-state index in [0.29, 0.717) is 0 Å². The fourth-order valence-electron chi connectivity index (χ4n) is 1.13. The van der Waals surface area contributed by atoms with Crippen LogP contribution in [0.5, 0.6) is 0 Å². The average Bonchev–Trinajstić information content (AvgIpc) is 2.57. The first-order valence-electron chi connectivity index (χ1n) is 4.13. The van der Waals surface area contributed by atoms with Crippen LogP contribution in [-0.2, 0) is 11.8 Å². The van der Waals surface area contributed by atoms with Gasteiger partial charge in [0.25, 0.3) is 6.43 Å². The Kier molecular flexibility index (Phi) is 3.35. The van der Waals surface area contributed by atoms with Crippen LogP contribution in [0.2, 0.25) is 0 Å². The van der Waals surface area contributed by atoms with E-state index in [4.69, 9.17) is 5.73 Å². The molecule has 0 amide bonds. The molecular weight excluding hydrogens is 208 g/mol. The first-order chi connectivity index (χ1) is 6.97. The summed E-state index contributed by atoms with van der Waals surface area (Å²) in [6.07, 6.45) is -2.70. The Morgan fingerprint density at radius 1 is 1.67 bits per heavy atom. The fraction of sp³-hybridized carbons (Fsp3) is 0.500. The van der Waals surface area contributed by atoms with Gasteiger partial charge in [0.15, 0.2) is 5.69 Å². The van der Waals surface area contributed by atoms with Crippen molar-refractivity contribution in [2.45, 2.75) is 12.5 Å². The number of hydrogen-bond acceptors (Lipinski definition) is 4. The van der Waals surface area contributed by atoms with Gasteiger partial charge in [-0.2, -0.15) is 5.10 Å². The Morgan fingerprint density at radius 2 is 2.27 bits per heavy atom. The molecule has 1 unspecified atom stereocenters. The summed E-state index contributed by atoms with van der Waals surface area (Å²) in [5, 5.41) is 3.71. The third kappa shape index (κ3) is 2.30. The lowest BCUT2D eigenvalue weighted by Crippen LogP contribution is -2.21. The van der Waals surface area contributed by atoms with Crippen LogP contribution in [-0.4, -0.2) is 29.3 Å². The number of nitrogens with zero attached hydrogens (tertiary/aromatic N) is 2. The van der Waals surface area contributed by atoms with Gasteiger partial charge in [0, 0.05) is 7.05 Å². The van der Waals surface area contributed by atoms with Crippen LogP contribution in [0.4, 0.5) is 8.78 Å². The maximum Gasteiger partial charge on any atom is 0.358 e. The molecule has 1 rings (SSSR count). The number of halogens is 2. The number of alkyl halides is 2. The molecular formula is C8H11F2N3O2. The van der Waals surface area contributed by atoms with Crippen molar-refractivity contribution in [1.29, 1.82) is 0 Å². The van der Waals surface area contributed by atoms with Crippen LogP contribution in [0.25, 0.3) is 0 Å². The first-order valence-corrected chi connectivity index (χ1v) is 4.13. The van der Waals surface area contributed by atoms with Crippen LogP contribution in [0, 0.1) is 0 Å². The molecule has 7 heteroatoms. The van der Waals surface area contributed by atoms with Gasteiger partial charge >= 0.3 is 5.97 Å². The molecule has 2 N–H and O–H groups in total. The summed E-state index contributed by atoms with van der Waals surface area (Å²) in [6.45, 7) is 0. The van der Waals surface area contributed by atoms with E-state index in [-0.39, 0.29) is 11.4 Å². The predicted molar refractivity (Wildman–Crippen MR) is 47.5 cm³/mol. The highest BCUT2D eigenvalue weighted by Crippen LogP contribution is 2.18. The molecule has 0 aromatic carbocycles. The Hall–Kier alpha value is -1.50. The molecule has 0 fully saturated rings. The zero-order valence-electron chi connectivity index (χ0n) is 8.28. The number of nitrogens with two attached hydrogens (primary N) is 1. The molecule has 0 aliphatic heterocycles. The third-order valence-corrected chi connectivity index (χ3v) is 1.92. The number of ether oxygens (including phenoxy) is 1. The smallest absolute Gasteiger partial charge is 0.358 e. The lowest BCUT2D eigenvalue weighted by Gasteiger charge is -2.09. The summed E-state index contributed by atoms with van der Waals surface area (Å²) in [5.41, 5.74) is 5.28. The molecule has 1 aromatic heterocycles. The van der Waals surface area contributed by atoms with Crippen LogP contribution >= 0.6 is 0 Å². The lowest BCUT2D eigenvalue weighted by atomic mass is 10.2. The normalized spacial score (nSPS) is 12.9. The summed E-state index contributed by atoms with van der Waals surface area (Å²) >= 11 is 0. The second kappa shape index (κ2) is 4.35. The molecule has 84 valence electrons. The number of aryl methyl sites for hydroxylation is 1. The first kappa shape index (κ1) is 11.6. The minimum Gasteiger partial charge on any atom is -0.464 e. The van der Waals surface area contributed by atoms with Crippen LogP contribution < -0.4 is 5.73 Å². The van der Waals surface area contributed by atoms with Gasteiger partial charge in [-0.25, -0.2) is 13.6 Å². The summed E-state index contributed by atoms with van der Waals surface area (Å²) < 4.78 is 30.2. The maximum absolute atomic E-state index is 12.3. The number of carbonyl (C=O) groups excluding carboxylic acids is 1. The summed E-state index contributed by atoms with van der Waals surface area (Å²) in [6, 6.07) is -0.260. The van der Waals surface area contributed by atoms with Crippen molar-refractivity contribution in [3.05, 3.63) is 17.5 Å². The van der Waals surface area contributed by atoms with Gasteiger partial charge in [-0.05, 0) is 6.07 Å². The number of carbonyl (C=O) groups is 1. The van der Waals surface area contributed by atoms with Crippen molar-refractivity contribution in [3.8, 4) is 0 Å². The van der Waals surface area contributed by atoms with Gasteiger partial charge in [-0.3, -0.25) is 4.68 Å². The molecule has 1 atom stereocenters. The highest BCUT2D eigenvalue weighted by atomic mass is 19.3. The molecule has 0 aliphatic carbocycles. The number of methoxy groups -OCH3 is 1. The van der Waals surface area contributed by atoms with Gasteiger partial charge in [0.05, 0.1) is 12.8 Å². The quantitative estimate of drug-likeness (QED) is 0.750. The van der Waals surface area contributed by atoms with E-state index in [1.807, 2.05) is 0 Å². The van der Waals surface area contributed by atoms with E-state index in [1.54, 1.807) is 0 Å². The van der Waals surface area contributed by atoms with Crippen molar-refractivity contribution in [2.75, 3.05) is 7.11 Å². The van der Waals surface area contributed by atoms with E-state index in [0.717, 1.165) is 4.68 Å². The summed E-state index contributed by atoms with van der Waals surface area (Å²) in [7, 11) is 2.62. The molecule has 1 aromatic rings. The Bertz CT molecular complexity index is 365. The topological polar surface area (TPSA) is 70.1 Å². The monoisotopic (exact) mass is 219 g/mol. The van der Waals surface area contributed by atoms with Gasteiger partial charge < -0.3 is 10.5 Å². The lowest BCUT2D eigenvalue weighted by molar-refractivity contribution is 0.0593. The highest BCUT2D eigenvalue weighted by molar-refractivity contribution is 5.87. The molecule has 0 spiro atoms. The van der Waals surface area contributed by atoms with Crippen LogP contribution in [0.15, 0.2) is 6.07 Å². The minimum absolute atomic E-state index is 0.0360. The summed E-state index contributed by atoms with van der Waals surface area (Å²) in [5.74, 6) is -0.682. The van der Waals surface area contributed by atoms with E-state index >= 15 is 0 Å². The van der Waals surface area contributed by atoms with E-state index in [2.05, 4.69) is 9.84 Å². The molecule has 5 nitrogen and oxygen atoms in total. The van der Waals surface area contributed by atoms with Crippen molar-refractivity contribution in [2.24, 2.45) is 12.8 Å². The fourth-order valence-corrected chi connectivity index (χ4v) is 1.13. The molecule has 0 saturated carbocycles. The number of hydrogen-bond donors (Lipinski definition) is 1. The van der Waals surface area contributed by atoms with Gasteiger partial charge in [-0.15, -0.1) is 0 Å². The molecule has 0 saturated heterocycles. The van der Waals surface area contributed by atoms with Gasteiger partial charge in [0.2, 0.25) is 0 Å². The predicted octanol–water partition coefficient (Wildman–Crippen LogP) is 0.472. The van der Waals surface area contributed by atoms with Gasteiger partial charge in [-0.1, -0.05) is 0 Å². The second-order valence-corrected chi connectivity index (χ2v) is 2.93. The SMILES string of the molecule is COC(=O)c1cc(C(N)C(F)F)n(C)n1. The van der Waals surface area contributed by atoms with E-state index in [9.17, 15) is 13.6 Å². The number of rotatable bonds is 3. The van der Waals surface area contributed by atoms with E-state index < -0.39 is 18.4 Å². The number of esters is 1. The number of aromatic nitrogens is 2. The summed E-state index contributed by atoms with van der Waals surface area (Å²) in [4.78, 5) is 11.0. The largest absolute Gasteiger partial charge is 0.464 e. The standard InChI is InChI=1S/C8H11F2N3O2/c1-13-5(6(11)7(9)10)3-4(12-13)8(14)15-2/h3,6-7H,11H2,1-2H3. The average molecular weight is 219 g/mol. The highest BCUT2D eigenvalue weighted by Gasteiger charge is 2.23. The zero-order valence-corrected chi connectivity index (χ0v) is 8.28. The Morgan fingerprint density at radius 3 is 2.73 bits per heavy atom. The van der Waals surface area contributed by atoms with E-state index in [1.165, 1.54) is 20.2 Å². The molecule has 0 bridgehead atoms. The van der Waals surface area contributed by atoms with Crippen LogP contribution in [0.1, 0.15) is 22.2 Å². The second-order valence-electron chi connectivity index (χ2n) is 2.93. The van der Waals surface area contributed by atoms with Crippen molar-refractivity contribution in [3.63, 3.8) is 0 Å². The Labute approximate surface area is 84.8 Å². The minimum atomic E-state index is -2.70. The molecule has 0 aliphatic rings. The van der Waals surface area contributed by atoms with Crippen LogP contribution in [0.3, 0.4) is 0 Å². The third-order valence-electron chi connectivity index (χ3n) is 1.92. The Balaban J connectivity index is 3.01.